The summed E-state index contributed by atoms with van der Waals surface area (Å²) in [5.74, 6) is -0.934. The summed E-state index contributed by atoms with van der Waals surface area (Å²) in [7, 11) is 1.81. The Morgan fingerprint density at radius 3 is 2.74 bits per heavy atom. The molecule has 3 rings (SSSR count). The molecule has 0 unspecified atom stereocenters. The van der Waals surface area contributed by atoms with Crippen molar-refractivity contribution in [2.24, 2.45) is 7.05 Å². The fourth-order valence-corrected chi connectivity index (χ4v) is 4.31. The van der Waals surface area contributed by atoms with Gasteiger partial charge >= 0.3 is 5.97 Å². The second kappa shape index (κ2) is 11.4. The number of nitrogens with one attached hydrogen (secondary N) is 1. The number of hydrogen-bond donors (Lipinski definition) is 1. The number of nitriles is 1. The summed E-state index contributed by atoms with van der Waals surface area (Å²) >= 11 is 1.02. The van der Waals surface area contributed by atoms with Gasteiger partial charge in [-0.15, -0.1) is 0 Å². The second-order valence-corrected chi connectivity index (χ2v) is 9.12. The van der Waals surface area contributed by atoms with E-state index in [1.54, 1.807) is 43.8 Å². The van der Waals surface area contributed by atoms with Gasteiger partial charge in [-0.25, -0.2) is 9.78 Å². The fraction of sp³-hybridized carbons (Fsp3) is 0.333. The first-order chi connectivity index (χ1) is 16.7. The maximum atomic E-state index is 12.8. The topological polar surface area (TPSA) is 130 Å². The lowest BCUT2D eigenvalue weighted by Crippen LogP contribution is -2.37. The number of thiazole rings is 1. The molecule has 35 heavy (non-hydrogen) atoms. The van der Waals surface area contributed by atoms with Crippen LogP contribution in [-0.2, 0) is 21.4 Å². The van der Waals surface area contributed by atoms with Gasteiger partial charge in [-0.3, -0.25) is 14.3 Å². The Morgan fingerprint density at radius 2 is 2.11 bits per heavy atom. The minimum Gasteiger partial charge on any atom is -0.459 e. The van der Waals surface area contributed by atoms with Crippen molar-refractivity contribution in [3.8, 4) is 17.2 Å². The summed E-state index contributed by atoms with van der Waals surface area (Å²) in [6.07, 6.45) is 3.72. The molecule has 10 nitrogen and oxygen atoms in total. The number of anilines is 2. The Hall–Kier alpha value is -4.04. The van der Waals surface area contributed by atoms with Crippen molar-refractivity contribution in [3.63, 3.8) is 0 Å². The van der Waals surface area contributed by atoms with E-state index in [-0.39, 0.29) is 24.1 Å². The van der Waals surface area contributed by atoms with Gasteiger partial charge in [0.2, 0.25) is 12.3 Å². The highest BCUT2D eigenvalue weighted by Crippen LogP contribution is 2.27. The maximum absolute atomic E-state index is 12.8. The van der Waals surface area contributed by atoms with Gasteiger partial charge in [-0.2, -0.15) is 10.4 Å². The molecule has 11 heteroatoms. The first-order valence-corrected chi connectivity index (χ1v) is 11.7. The molecule has 0 saturated heterocycles. The minimum atomic E-state index is -0.701. The van der Waals surface area contributed by atoms with E-state index in [0.29, 0.717) is 22.7 Å². The van der Waals surface area contributed by atoms with Crippen molar-refractivity contribution in [3.05, 3.63) is 47.2 Å². The summed E-state index contributed by atoms with van der Waals surface area (Å²) in [5.41, 5.74) is 2.73. The van der Waals surface area contributed by atoms with Crippen LogP contribution in [0.2, 0.25) is 0 Å². The third-order valence-electron chi connectivity index (χ3n) is 5.01. The Kier molecular flexibility index (Phi) is 8.33. The van der Waals surface area contributed by atoms with Crippen molar-refractivity contribution >= 4 is 40.4 Å². The molecule has 2 aromatic heterocycles. The van der Waals surface area contributed by atoms with Crippen LogP contribution < -0.4 is 10.2 Å². The van der Waals surface area contributed by atoms with Gasteiger partial charge in [-0.05, 0) is 38.5 Å². The molecule has 0 aliphatic carbocycles. The van der Waals surface area contributed by atoms with Crippen LogP contribution in [0.3, 0.4) is 0 Å². The number of aryl methyl sites for hydroxylation is 2. The second-order valence-electron chi connectivity index (χ2n) is 8.12. The van der Waals surface area contributed by atoms with Gasteiger partial charge in [0.25, 0.3) is 0 Å². The van der Waals surface area contributed by atoms with Crippen molar-refractivity contribution < 1.29 is 19.1 Å². The molecule has 0 spiro atoms. The standard InChI is InChI=1S/C24H26N6O4S/c1-15(2)34-23(33)22-16(3)27-24(35-22)28-21(32)11-20(8-9-25)30(14-31)19-7-5-6-17(10-19)18-12-26-29(4)13-18/h5-7,10,12-15,20H,8,11H2,1-4H3,(H,27,28,32)/t20-/m0/s1. The minimum absolute atomic E-state index is 0.0495. The summed E-state index contributed by atoms with van der Waals surface area (Å²) in [5, 5.41) is 16.4. The number of ether oxygens (including phenoxy) is 1. The molecule has 2 amide bonds. The normalized spacial score (nSPS) is 11.5. The van der Waals surface area contributed by atoms with E-state index in [0.717, 1.165) is 22.5 Å². The van der Waals surface area contributed by atoms with Crippen LogP contribution in [0.4, 0.5) is 10.8 Å². The molecular weight excluding hydrogens is 468 g/mol. The lowest BCUT2D eigenvalue weighted by Gasteiger charge is -2.26. The van der Waals surface area contributed by atoms with Gasteiger partial charge in [-0.1, -0.05) is 23.5 Å². The van der Waals surface area contributed by atoms with Crippen LogP contribution in [0.15, 0.2) is 36.7 Å². The molecule has 2 heterocycles. The molecule has 0 radical (unpaired) electrons. The van der Waals surface area contributed by atoms with Gasteiger partial charge in [0.15, 0.2) is 5.13 Å². The van der Waals surface area contributed by atoms with E-state index in [1.165, 1.54) is 4.90 Å². The number of aromatic nitrogens is 3. The predicted molar refractivity (Wildman–Crippen MR) is 132 cm³/mol. The molecule has 0 aliphatic rings. The molecule has 0 fully saturated rings. The highest BCUT2D eigenvalue weighted by molar-refractivity contribution is 7.17. The number of rotatable bonds is 10. The first-order valence-electron chi connectivity index (χ1n) is 10.9. The summed E-state index contributed by atoms with van der Waals surface area (Å²) in [6.45, 7) is 5.15. The molecule has 182 valence electrons. The van der Waals surface area contributed by atoms with Crippen LogP contribution in [-0.4, -0.2) is 45.2 Å². The average Bonchev–Trinajstić information content (AvgIpc) is 3.39. The fourth-order valence-electron chi connectivity index (χ4n) is 3.44. The van der Waals surface area contributed by atoms with Crippen LogP contribution in [0.5, 0.6) is 0 Å². The number of amides is 2. The average molecular weight is 495 g/mol. The Morgan fingerprint density at radius 1 is 1.34 bits per heavy atom. The van der Waals surface area contributed by atoms with E-state index in [2.05, 4.69) is 15.4 Å². The number of benzene rings is 1. The zero-order valence-electron chi connectivity index (χ0n) is 19.9. The maximum Gasteiger partial charge on any atom is 0.350 e. The monoisotopic (exact) mass is 494 g/mol. The lowest BCUT2D eigenvalue weighted by atomic mass is 10.1. The molecule has 0 bridgehead atoms. The SMILES string of the molecule is Cc1nc(NC(=O)C[C@H](CC#N)N(C=O)c2cccc(-c3cnn(C)c3)c2)sc1C(=O)OC(C)C. The zero-order chi connectivity index (χ0) is 25.5. The number of hydrogen-bond acceptors (Lipinski definition) is 8. The van der Waals surface area contributed by atoms with Crippen LogP contribution in [0.1, 0.15) is 42.1 Å². The summed E-state index contributed by atoms with van der Waals surface area (Å²) < 4.78 is 6.88. The molecular formula is C24H26N6O4S. The van der Waals surface area contributed by atoms with Crippen molar-refractivity contribution in [1.29, 1.82) is 5.26 Å². The number of carbonyl (C=O) groups is 3. The molecule has 3 aromatic rings. The van der Waals surface area contributed by atoms with Crippen LogP contribution >= 0.6 is 11.3 Å². The lowest BCUT2D eigenvalue weighted by molar-refractivity contribution is -0.116. The smallest absolute Gasteiger partial charge is 0.350 e. The zero-order valence-corrected chi connectivity index (χ0v) is 20.7. The summed E-state index contributed by atoms with van der Waals surface area (Å²) in [6, 6.07) is 8.59. The summed E-state index contributed by atoms with van der Waals surface area (Å²) in [4.78, 5) is 42.9. The quantitative estimate of drug-likeness (QED) is 0.336. The van der Waals surface area contributed by atoms with E-state index in [4.69, 9.17) is 4.74 Å². The molecule has 1 atom stereocenters. The van der Waals surface area contributed by atoms with Gasteiger partial charge in [0, 0.05) is 30.9 Å². The third-order valence-corrected chi connectivity index (χ3v) is 6.06. The Labute approximate surface area is 207 Å². The van der Waals surface area contributed by atoms with E-state index >= 15 is 0 Å². The van der Waals surface area contributed by atoms with E-state index in [1.807, 2.05) is 31.4 Å². The van der Waals surface area contributed by atoms with E-state index < -0.39 is 17.9 Å². The van der Waals surface area contributed by atoms with E-state index in [9.17, 15) is 19.6 Å². The molecule has 0 aliphatic heterocycles. The Balaban J connectivity index is 1.76. The number of esters is 1. The van der Waals surface area contributed by atoms with Gasteiger partial charge in [0.1, 0.15) is 4.88 Å². The van der Waals surface area contributed by atoms with Crippen LogP contribution in [0.25, 0.3) is 11.1 Å². The molecule has 1 aromatic carbocycles. The van der Waals surface area contributed by atoms with Crippen molar-refractivity contribution in [1.82, 2.24) is 14.8 Å². The third kappa shape index (κ3) is 6.51. The first kappa shape index (κ1) is 25.6. The van der Waals surface area contributed by atoms with Gasteiger partial charge < -0.3 is 15.0 Å². The highest BCUT2D eigenvalue weighted by atomic mass is 32.1. The van der Waals surface area contributed by atoms with Crippen LogP contribution in [0, 0.1) is 18.3 Å². The highest BCUT2D eigenvalue weighted by Gasteiger charge is 2.24. The molecule has 0 saturated carbocycles. The number of carbonyl (C=O) groups excluding carboxylic acids is 3. The molecule has 1 N–H and O–H groups in total. The Bertz CT molecular complexity index is 1260. The predicted octanol–water partition coefficient (Wildman–Crippen LogP) is 3.69. The van der Waals surface area contributed by atoms with Crippen molar-refractivity contribution in [2.45, 2.75) is 45.8 Å². The number of nitrogens with zero attached hydrogens (tertiary/aromatic N) is 5. The largest absolute Gasteiger partial charge is 0.459 e. The van der Waals surface area contributed by atoms with Crippen molar-refractivity contribution in [2.75, 3.05) is 10.2 Å². The van der Waals surface area contributed by atoms with Gasteiger partial charge in [0.05, 0.1) is 36.5 Å².